The van der Waals surface area contributed by atoms with Crippen LogP contribution in [0.2, 0.25) is 10.0 Å². The Labute approximate surface area is 116 Å². The zero-order valence-corrected chi connectivity index (χ0v) is 11.4. The maximum Gasteiger partial charge on any atom is 0.411 e. The van der Waals surface area contributed by atoms with Crippen molar-refractivity contribution < 1.29 is 9.53 Å². The predicted octanol–water partition coefficient (Wildman–Crippen LogP) is 4.04. The van der Waals surface area contributed by atoms with Crippen LogP contribution in [0, 0.1) is 0 Å². The molecule has 0 N–H and O–H groups in total. The SMILES string of the molecule is C[C@H]1CCC2[C@H](c3ccc(Cl)c(Cl)c3)OC(=O)N21. The number of carbonyl (C=O) groups is 1. The van der Waals surface area contributed by atoms with Gasteiger partial charge in [0.25, 0.3) is 0 Å². The topological polar surface area (TPSA) is 29.5 Å². The van der Waals surface area contributed by atoms with Crippen LogP contribution in [0.4, 0.5) is 4.79 Å². The van der Waals surface area contributed by atoms with E-state index in [0.717, 1.165) is 18.4 Å². The number of hydrogen-bond acceptors (Lipinski definition) is 2. The van der Waals surface area contributed by atoms with Crippen molar-refractivity contribution in [3.63, 3.8) is 0 Å². The average molecular weight is 286 g/mol. The van der Waals surface area contributed by atoms with Crippen molar-refractivity contribution in [2.75, 3.05) is 0 Å². The summed E-state index contributed by atoms with van der Waals surface area (Å²) in [5, 5.41) is 1.01. The first-order chi connectivity index (χ1) is 8.58. The molecule has 2 aliphatic heterocycles. The lowest BCUT2D eigenvalue weighted by Crippen LogP contribution is -2.33. The quantitative estimate of drug-likeness (QED) is 0.779. The Kier molecular flexibility index (Phi) is 2.91. The summed E-state index contributed by atoms with van der Waals surface area (Å²) in [6.45, 7) is 2.05. The van der Waals surface area contributed by atoms with Crippen molar-refractivity contribution in [1.82, 2.24) is 4.90 Å². The van der Waals surface area contributed by atoms with E-state index in [-0.39, 0.29) is 24.3 Å². The van der Waals surface area contributed by atoms with Crippen LogP contribution in [-0.2, 0) is 4.74 Å². The van der Waals surface area contributed by atoms with E-state index in [4.69, 9.17) is 27.9 Å². The number of halogens is 2. The summed E-state index contributed by atoms with van der Waals surface area (Å²) in [6.07, 6.45) is 1.55. The number of nitrogens with zero attached hydrogens (tertiary/aromatic N) is 1. The van der Waals surface area contributed by atoms with E-state index in [2.05, 4.69) is 6.92 Å². The molecule has 3 nitrogen and oxygen atoms in total. The molecule has 0 spiro atoms. The molecule has 0 aliphatic carbocycles. The van der Waals surface area contributed by atoms with Crippen molar-refractivity contribution in [2.45, 2.75) is 38.0 Å². The van der Waals surface area contributed by atoms with Gasteiger partial charge in [0, 0.05) is 6.04 Å². The van der Waals surface area contributed by atoms with E-state index in [9.17, 15) is 4.79 Å². The van der Waals surface area contributed by atoms with Gasteiger partial charge in [-0.25, -0.2) is 4.79 Å². The van der Waals surface area contributed by atoms with Gasteiger partial charge in [-0.15, -0.1) is 0 Å². The van der Waals surface area contributed by atoms with Crippen molar-refractivity contribution in [1.29, 1.82) is 0 Å². The summed E-state index contributed by atoms with van der Waals surface area (Å²) in [4.78, 5) is 13.7. The molecule has 0 aromatic heterocycles. The van der Waals surface area contributed by atoms with Crippen molar-refractivity contribution in [2.24, 2.45) is 0 Å². The summed E-state index contributed by atoms with van der Waals surface area (Å²) >= 11 is 11.9. The van der Waals surface area contributed by atoms with Crippen LogP contribution < -0.4 is 0 Å². The number of cyclic esters (lactones) is 1. The number of rotatable bonds is 1. The lowest BCUT2D eigenvalue weighted by Gasteiger charge is -2.19. The van der Waals surface area contributed by atoms with Crippen LogP contribution in [0.5, 0.6) is 0 Å². The molecule has 3 atom stereocenters. The van der Waals surface area contributed by atoms with E-state index in [1.165, 1.54) is 0 Å². The van der Waals surface area contributed by atoms with Crippen molar-refractivity contribution >= 4 is 29.3 Å². The zero-order valence-electron chi connectivity index (χ0n) is 9.90. The van der Waals surface area contributed by atoms with E-state index in [1.807, 2.05) is 11.0 Å². The molecule has 0 saturated carbocycles. The number of hydrogen-bond donors (Lipinski definition) is 0. The van der Waals surface area contributed by atoms with Gasteiger partial charge in [0.15, 0.2) is 0 Å². The van der Waals surface area contributed by atoms with Crippen LogP contribution in [0.15, 0.2) is 18.2 Å². The minimum Gasteiger partial charge on any atom is -0.439 e. The molecule has 18 heavy (non-hydrogen) atoms. The summed E-state index contributed by atoms with van der Waals surface area (Å²) in [5.41, 5.74) is 0.916. The lowest BCUT2D eigenvalue weighted by molar-refractivity contribution is 0.124. The number of fused-ring (bicyclic) bond motifs is 1. The molecule has 1 unspecified atom stereocenters. The maximum absolute atomic E-state index is 11.8. The van der Waals surface area contributed by atoms with Gasteiger partial charge in [0.2, 0.25) is 0 Å². The Morgan fingerprint density at radius 2 is 2.06 bits per heavy atom. The second kappa shape index (κ2) is 4.32. The second-order valence-electron chi connectivity index (χ2n) is 4.88. The van der Waals surface area contributed by atoms with Crippen molar-refractivity contribution in [3.05, 3.63) is 33.8 Å². The lowest BCUT2D eigenvalue weighted by atomic mass is 10.0. The molecule has 2 aliphatic rings. The largest absolute Gasteiger partial charge is 0.439 e. The van der Waals surface area contributed by atoms with Crippen LogP contribution in [-0.4, -0.2) is 23.1 Å². The van der Waals surface area contributed by atoms with Crippen LogP contribution in [0.1, 0.15) is 31.4 Å². The molecule has 0 bridgehead atoms. The molecule has 5 heteroatoms. The van der Waals surface area contributed by atoms with Gasteiger partial charge < -0.3 is 4.74 Å². The van der Waals surface area contributed by atoms with E-state index >= 15 is 0 Å². The van der Waals surface area contributed by atoms with Gasteiger partial charge in [-0.3, -0.25) is 4.90 Å². The number of carbonyl (C=O) groups excluding carboxylic acids is 1. The van der Waals surface area contributed by atoms with E-state index < -0.39 is 0 Å². The van der Waals surface area contributed by atoms with Gasteiger partial charge in [0.1, 0.15) is 6.10 Å². The molecule has 2 fully saturated rings. The zero-order chi connectivity index (χ0) is 12.9. The number of benzene rings is 1. The van der Waals surface area contributed by atoms with Gasteiger partial charge in [-0.2, -0.15) is 0 Å². The highest BCUT2D eigenvalue weighted by Gasteiger charge is 2.48. The average Bonchev–Trinajstić information content (AvgIpc) is 2.86. The highest BCUT2D eigenvalue weighted by Crippen LogP contribution is 2.42. The third-order valence-electron chi connectivity index (χ3n) is 3.77. The third kappa shape index (κ3) is 1.77. The second-order valence-corrected chi connectivity index (χ2v) is 5.69. The molecule has 3 rings (SSSR count). The first-order valence-corrected chi connectivity index (χ1v) is 6.77. The minimum atomic E-state index is -0.225. The molecular formula is C13H13Cl2NO2. The molecule has 1 aromatic rings. The molecule has 1 aromatic carbocycles. The fourth-order valence-electron chi connectivity index (χ4n) is 2.86. The predicted molar refractivity (Wildman–Crippen MR) is 70.0 cm³/mol. The normalized spacial score (nSPS) is 30.5. The van der Waals surface area contributed by atoms with Gasteiger partial charge in [-0.05, 0) is 37.5 Å². The smallest absolute Gasteiger partial charge is 0.411 e. The molecule has 2 saturated heterocycles. The van der Waals surface area contributed by atoms with Gasteiger partial charge >= 0.3 is 6.09 Å². The Balaban J connectivity index is 1.93. The Morgan fingerprint density at radius 3 is 2.78 bits per heavy atom. The van der Waals surface area contributed by atoms with Crippen LogP contribution in [0.25, 0.3) is 0 Å². The Morgan fingerprint density at radius 1 is 1.28 bits per heavy atom. The number of ether oxygens (including phenoxy) is 1. The summed E-state index contributed by atoms with van der Waals surface area (Å²) < 4.78 is 5.46. The Hall–Kier alpha value is -0.930. The van der Waals surface area contributed by atoms with Crippen LogP contribution >= 0.6 is 23.2 Å². The fraction of sp³-hybridized carbons (Fsp3) is 0.462. The van der Waals surface area contributed by atoms with Crippen molar-refractivity contribution in [3.8, 4) is 0 Å². The fourth-order valence-corrected chi connectivity index (χ4v) is 3.16. The third-order valence-corrected chi connectivity index (χ3v) is 4.51. The minimum absolute atomic E-state index is 0.129. The summed E-state index contributed by atoms with van der Waals surface area (Å²) in [6, 6.07) is 5.79. The molecule has 96 valence electrons. The Bertz CT molecular complexity index is 506. The van der Waals surface area contributed by atoms with Gasteiger partial charge in [-0.1, -0.05) is 29.3 Å². The molecule has 1 amide bonds. The monoisotopic (exact) mass is 285 g/mol. The highest BCUT2D eigenvalue weighted by molar-refractivity contribution is 6.42. The molecular weight excluding hydrogens is 273 g/mol. The van der Waals surface area contributed by atoms with Crippen LogP contribution in [0.3, 0.4) is 0 Å². The summed E-state index contributed by atoms with van der Waals surface area (Å²) in [5.74, 6) is 0. The highest BCUT2D eigenvalue weighted by atomic mass is 35.5. The van der Waals surface area contributed by atoms with Gasteiger partial charge in [0.05, 0.1) is 16.1 Å². The number of amides is 1. The molecule has 0 radical (unpaired) electrons. The summed E-state index contributed by atoms with van der Waals surface area (Å²) in [7, 11) is 0. The van der Waals surface area contributed by atoms with E-state index in [0.29, 0.717) is 10.0 Å². The standard InChI is InChI=1S/C13H13Cl2NO2/c1-7-2-5-11-12(18-13(17)16(7)11)8-3-4-9(14)10(15)6-8/h3-4,6-7,11-12H,2,5H2,1H3/t7-,11?,12-/m0/s1. The molecule has 2 heterocycles. The first-order valence-electron chi connectivity index (χ1n) is 6.02. The van der Waals surface area contributed by atoms with E-state index in [1.54, 1.807) is 12.1 Å². The first kappa shape index (κ1) is 12.1. The maximum atomic E-state index is 11.8.